The number of nitrogens with one attached hydrogen (secondary N) is 1. The molecular weight excluding hydrogens is 454 g/mol. The highest BCUT2D eigenvalue weighted by Crippen LogP contribution is 2.31. The number of imidazole rings is 1. The molecule has 1 saturated carbocycles. The molecule has 1 aromatic carbocycles. The summed E-state index contributed by atoms with van der Waals surface area (Å²) in [6.07, 6.45) is 11.3. The van der Waals surface area contributed by atoms with Crippen LogP contribution >= 0.6 is 0 Å². The number of aryl methyl sites for hydroxylation is 1. The number of ether oxygens (including phenoxy) is 1. The lowest BCUT2D eigenvalue weighted by molar-refractivity contribution is 0.0276. The van der Waals surface area contributed by atoms with Crippen LogP contribution in [0.3, 0.4) is 0 Å². The van der Waals surface area contributed by atoms with Crippen molar-refractivity contribution >= 4 is 0 Å². The van der Waals surface area contributed by atoms with Crippen molar-refractivity contribution in [2.75, 3.05) is 7.11 Å². The van der Waals surface area contributed by atoms with Crippen molar-refractivity contribution in [3.8, 4) is 22.5 Å². The number of nitrogens with zero attached hydrogens (tertiary/aromatic N) is 6. The van der Waals surface area contributed by atoms with Gasteiger partial charge in [0.2, 0.25) is 0 Å². The molecule has 0 amide bonds. The number of hydrogen-bond donors (Lipinski definition) is 1. The van der Waals surface area contributed by atoms with E-state index < -0.39 is 0 Å². The van der Waals surface area contributed by atoms with E-state index >= 15 is 0 Å². The third-order valence-corrected chi connectivity index (χ3v) is 7.18. The summed E-state index contributed by atoms with van der Waals surface area (Å²) in [5.74, 6) is 0.611. The van der Waals surface area contributed by atoms with Crippen LogP contribution in [0.2, 0.25) is 0 Å². The van der Waals surface area contributed by atoms with E-state index in [1.807, 2.05) is 51.7 Å². The van der Waals surface area contributed by atoms with Gasteiger partial charge in [-0.05, 0) is 47.7 Å². The Hall–Kier alpha value is -3.59. The number of unbranched alkanes of at least 4 members (excludes halogenated alkanes) is 1. The van der Waals surface area contributed by atoms with Gasteiger partial charge in [0.05, 0.1) is 24.4 Å². The van der Waals surface area contributed by atoms with Gasteiger partial charge >= 0.3 is 5.69 Å². The third-order valence-electron chi connectivity index (χ3n) is 7.18. The van der Waals surface area contributed by atoms with Crippen LogP contribution in [-0.4, -0.2) is 48.0 Å². The number of benzene rings is 1. The van der Waals surface area contributed by atoms with E-state index in [1.54, 1.807) is 7.11 Å². The first-order chi connectivity index (χ1) is 17.7. The maximum atomic E-state index is 13.6. The van der Waals surface area contributed by atoms with E-state index in [0.717, 1.165) is 73.0 Å². The Morgan fingerprint density at radius 2 is 1.94 bits per heavy atom. The maximum Gasteiger partial charge on any atom is 0.329 e. The van der Waals surface area contributed by atoms with Gasteiger partial charge in [0, 0.05) is 36.3 Å². The smallest absolute Gasteiger partial charge is 0.329 e. The molecule has 9 nitrogen and oxygen atoms in total. The van der Waals surface area contributed by atoms with Crippen LogP contribution in [0.15, 0.2) is 53.6 Å². The molecule has 188 valence electrons. The predicted molar refractivity (Wildman–Crippen MR) is 138 cm³/mol. The van der Waals surface area contributed by atoms with Crippen LogP contribution in [0.5, 0.6) is 0 Å². The van der Waals surface area contributed by atoms with Crippen LogP contribution in [0.1, 0.15) is 62.9 Å². The number of aromatic amines is 1. The molecule has 0 radical (unpaired) electrons. The summed E-state index contributed by atoms with van der Waals surface area (Å²) in [5, 5.41) is 14.3. The number of tetrazole rings is 1. The molecular formula is C27H33N7O2. The number of pyridine rings is 1. The van der Waals surface area contributed by atoms with E-state index in [2.05, 4.69) is 33.7 Å². The first-order valence-electron chi connectivity index (χ1n) is 12.8. The number of aromatic nitrogens is 7. The van der Waals surface area contributed by atoms with Gasteiger partial charge in [0.15, 0.2) is 5.82 Å². The fraction of sp³-hybridized carbons (Fsp3) is 0.444. The Kier molecular flexibility index (Phi) is 7.36. The van der Waals surface area contributed by atoms with Gasteiger partial charge < -0.3 is 4.74 Å². The van der Waals surface area contributed by atoms with E-state index in [1.165, 1.54) is 0 Å². The third kappa shape index (κ3) is 4.88. The van der Waals surface area contributed by atoms with Gasteiger partial charge in [-0.1, -0.05) is 56.5 Å². The molecule has 0 aliphatic heterocycles. The molecule has 3 aromatic heterocycles. The normalized spacial score (nSPS) is 17.9. The van der Waals surface area contributed by atoms with E-state index in [-0.39, 0.29) is 17.8 Å². The van der Waals surface area contributed by atoms with Crippen molar-refractivity contribution in [3.05, 3.63) is 70.7 Å². The van der Waals surface area contributed by atoms with Gasteiger partial charge in [-0.3, -0.25) is 14.1 Å². The van der Waals surface area contributed by atoms with Gasteiger partial charge in [-0.2, -0.15) is 0 Å². The molecule has 3 heterocycles. The van der Waals surface area contributed by atoms with E-state index in [9.17, 15) is 4.79 Å². The first-order valence-corrected chi connectivity index (χ1v) is 12.8. The molecule has 5 rings (SSSR count). The second-order valence-electron chi connectivity index (χ2n) is 9.46. The highest BCUT2D eigenvalue weighted by Gasteiger charge is 2.29. The second-order valence-corrected chi connectivity index (χ2v) is 9.46. The quantitative estimate of drug-likeness (QED) is 0.375. The number of rotatable bonds is 9. The molecule has 4 aromatic rings. The maximum absolute atomic E-state index is 13.6. The van der Waals surface area contributed by atoms with Crippen molar-refractivity contribution in [1.82, 2.24) is 34.7 Å². The molecule has 1 aliphatic rings. The molecule has 0 saturated heterocycles. The minimum atomic E-state index is 0.0316. The lowest BCUT2D eigenvalue weighted by Crippen LogP contribution is -2.36. The molecule has 2 atom stereocenters. The summed E-state index contributed by atoms with van der Waals surface area (Å²) in [5.41, 5.74) is 4.81. The molecule has 2 unspecified atom stereocenters. The summed E-state index contributed by atoms with van der Waals surface area (Å²) in [6, 6.07) is 12.1. The lowest BCUT2D eigenvalue weighted by atomic mass is 9.92. The molecule has 36 heavy (non-hydrogen) atoms. The number of hydrogen-bond acceptors (Lipinski definition) is 6. The average molecular weight is 488 g/mol. The molecule has 9 heteroatoms. The highest BCUT2D eigenvalue weighted by molar-refractivity contribution is 5.79. The van der Waals surface area contributed by atoms with E-state index in [4.69, 9.17) is 9.72 Å². The summed E-state index contributed by atoms with van der Waals surface area (Å²) >= 11 is 0. The first kappa shape index (κ1) is 24.1. The lowest BCUT2D eigenvalue weighted by Gasteiger charge is -2.30. The summed E-state index contributed by atoms with van der Waals surface area (Å²) in [6.45, 7) is 2.62. The zero-order valence-corrected chi connectivity index (χ0v) is 20.9. The molecule has 1 aliphatic carbocycles. The summed E-state index contributed by atoms with van der Waals surface area (Å²) in [4.78, 5) is 18.3. The van der Waals surface area contributed by atoms with Crippen molar-refractivity contribution in [2.24, 2.45) is 0 Å². The van der Waals surface area contributed by atoms with Crippen LogP contribution in [0.4, 0.5) is 0 Å². The van der Waals surface area contributed by atoms with Gasteiger partial charge in [0.1, 0.15) is 0 Å². The standard InChI is InChI=1S/C27H33N7O2/c1-3-4-9-21-18-34(24-12-7-8-13-25(24)36-2)27(35)33(21)17-20-15-14-19(16-28-20)22-10-5-6-11-23(22)26-29-31-32-30-26/h5-6,10-11,14-16,18,24-25H,3-4,7-9,12-13,17H2,1-2H3,(H,29,30,31,32). The SMILES string of the molecule is CCCCc1cn(C2CCCCC2OC)c(=O)n1Cc1ccc(-c2ccccc2-c2nnn[nH]2)cn1. The topological polar surface area (TPSA) is 104 Å². The Labute approximate surface area is 210 Å². The minimum absolute atomic E-state index is 0.0316. The Morgan fingerprint density at radius 3 is 2.67 bits per heavy atom. The molecule has 0 spiro atoms. The average Bonchev–Trinajstić information content (AvgIpc) is 3.57. The number of methoxy groups -OCH3 is 1. The summed E-state index contributed by atoms with van der Waals surface area (Å²) < 4.78 is 9.58. The van der Waals surface area contributed by atoms with Crippen molar-refractivity contribution < 1.29 is 4.74 Å². The Morgan fingerprint density at radius 1 is 1.11 bits per heavy atom. The molecule has 0 bridgehead atoms. The molecule has 1 N–H and O–H groups in total. The number of H-pyrrole nitrogens is 1. The van der Waals surface area contributed by atoms with Crippen LogP contribution in [0, 0.1) is 0 Å². The fourth-order valence-electron chi connectivity index (χ4n) is 5.24. The second kappa shape index (κ2) is 11.0. The Balaban J connectivity index is 1.44. The Bertz CT molecular complexity index is 1330. The van der Waals surface area contributed by atoms with Crippen LogP contribution in [-0.2, 0) is 17.7 Å². The van der Waals surface area contributed by atoms with Crippen molar-refractivity contribution in [1.29, 1.82) is 0 Å². The zero-order valence-electron chi connectivity index (χ0n) is 20.9. The summed E-state index contributed by atoms with van der Waals surface area (Å²) in [7, 11) is 1.76. The van der Waals surface area contributed by atoms with Gasteiger partial charge in [-0.15, -0.1) is 5.10 Å². The fourth-order valence-corrected chi connectivity index (χ4v) is 5.24. The van der Waals surface area contributed by atoms with Crippen LogP contribution in [0.25, 0.3) is 22.5 Å². The van der Waals surface area contributed by atoms with Crippen molar-refractivity contribution in [2.45, 2.75) is 70.6 Å². The van der Waals surface area contributed by atoms with Crippen LogP contribution < -0.4 is 5.69 Å². The highest BCUT2D eigenvalue weighted by atomic mass is 16.5. The van der Waals surface area contributed by atoms with Gasteiger partial charge in [0.25, 0.3) is 0 Å². The largest absolute Gasteiger partial charge is 0.379 e. The van der Waals surface area contributed by atoms with Gasteiger partial charge in [-0.25, -0.2) is 9.89 Å². The molecule has 1 fully saturated rings. The van der Waals surface area contributed by atoms with E-state index in [0.29, 0.717) is 12.4 Å². The monoisotopic (exact) mass is 487 g/mol. The van der Waals surface area contributed by atoms with Crippen molar-refractivity contribution in [3.63, 3.8) is 0 Å². The predicted octanol–water partition coefficient (Wildman–Crippen LogP) is 4.41. The minimum Gasteiger partial charge on any atom is -0.379 e. The zero-order chi connectivity index (χ0) is 24.9.